The van der Waals surface area contributed by atoms with E-state index < -0.39 is 0 Å². The summed E-state index contributed by atoms with van der Waals surface area (Å²) in [5.74, 6) is 0. The number of rotatable bonds is 4. The van der Waals surface area contributed by atoms with E-state index in [0.29, 0.717) is 6.04 Å². The van der Waals surface area contributed by atoms with Gasteiger partial charge in [-0.1, -0.05) is 12.1 Å². The van der Waals surface area contributed by atoms with Crippen molar-refractivity contribution in [2.75, 3.05) is 6.54 Å². The predicted molar refractivity (Wildman–Crippen MR) is 67.2 cm³/mol. The van der Waals surface area contributed by atoms with Gasteiger partial charge in [0.1, 0.15) is 0 Å². The minimum absolute atomic E-state index is 0.304. The molecule has 1 aromatic heterocycles. The Labute approximate surface area is 102 Å². The molecule has 0 spiro atoms. The maximum absolute atomic E-state index is 9.00. The number of oxime groups is 1. The molecule has 1 N–H and O–H groups in total. The quantitative estimate of drug-likeness (QED) is 0.641. The fourth-order valence-corrected chi connectivity index (χ4v) is 2.48. The fraction of sp³-hybridized carbons (Fsp3) is 0.538. The molecule has 0 bridgehead atoms. The highest BCUT2D eigenvalue weighted by atomic mass is 16.4. The molecular weight excluding hydrogens is 214 g/mol. The van der Waals surface area contributed by atoms with Crippen molar-refractivity contribution in [3.8, 4) is 0 Å². The molecule has 1 saturated carbocycles. The molecule has 2 rings (SSSR count). The predicted octanol–water partition coefficient (Wildman–Crippen LogP) is 2.29. The SMILES string of the molecule is CCN(Cc1ccncc1)C1CCC/C1=N/O. The van der Waals surface area contributed by atoms with Gasteiger partial charge in [-0.25, -0.2) is 0 Å². The van der Waals surface area contributed by atoms with Crippen molar-refractivity contribution in [3.05, 3.63) is 30.1 Å². The van der Waals surface area contributed by atoms with Crippen molar-refractivity contribution >= 4 is 5.71 Å². The van der Waals surface area contributed by atoms with E-state index in [2.05, 4.69) is 22.0 Å². The molecule has 4 heteroatoms. The van der Waals surface area contributed by atoms with Crippen molar-refractivity contribution in [3.63, 3.8) is 0 Å². The Kier molecular flexibility index (Phi) is 4.09. The Morgan fingerprint density at radius 3 is 2.88 bits per heavy atom. The molecule has 0 amide bonds. The van der Waals surface area contributed by atoms with Gasteiger partial charge in [0, 0.05) is 18.9 Å². The Bertz CT molecular complexity index is 378. The van der Waals surface area contributed by atoms with Crippen LogP contribution in [-0.2, 0) is 6.54 Å². The maximum atomic E-state index is 9.00. The second-order valence-corrected chi connectivity index (χ2v) is 4.42. The average Bonchev–Trinajstić information content (AvgIpc) is 2.85. The van der Waals surface area contributed by atoms with Gasteiger partial charge in [-0.2, -0.15) is 0 Å². The Balaban J connectivity index is 2.06. The van der Waals surface area contributed by atoms with Crippen LogP contribution >= 0.6 is 0 Å². The summed E-state index contributed by atoms with van der Waals surface area (Å²) in [6.45, 7) is 4.00. The van der Waals surface area contributed by atoms with E-state index in [1.54, 1.807) is 0 Å². The van der Waals surface area contributed by atoms with Crippen molar-refractivity contribution in [1.82, 2.24) is 9.88 Å². The highest BCUT2D eigenvalue weighted by Crippen LogP contribution is 2.22. The lowest BCUT2D eigenvalue weighted by Gasteiger charge is -2.27. The van der Waals surface area contributed by atoms with Crippen LogP contribution in [0.2, 0.25) is 0 Å². The van der Waals surface area contributed by atoms with E-state index in [1.807, 2.05) is 24.5 Å². The molecule has 4 nitrogen and oxygen atoms in total. The van der Waals surface area contributed by atoms with Gasteiger partial charge in [-0.3, -0.25) is 9.88 Å². The number of hydrogen-bond donors (Lipinski definition) is 1. The lowest BCUT2D eigenvalue weighted by molar-refractivity contribution is 0.236. The molecule has 92 valence electrons. The molecule has 17 heavy (non-hydrogen) atoms. The maximum Gasteiger partial charge on any atom is 0.0742 e. The monoisotopic (exact) mass is 233 g/mol. The summed E-state index contributed by atoms with van der Waals surface area (Å²) in [4.78, 5) is 6.38. The molecule has 0 aromatic carbocycles. The topological polar surface area (TPSA) is 48.7 Å². The zero-order chi connectivity index (χ0) is 12.1. The zero-order valence-electron chi connectivity index (χ0n) is 10.2. The van der Waals surface area contributed by atoms with E-state index in [-0.39, 0.29) is 0 Å². The smallest absolute Gasteiger partial charge is 0.0742 e. The van der Waals surface area contributed by atoms with Crippen LogP contribution in [0.1, 0.15) is 31.7 Å². The minimum atomic E-state index is 0.304. The second-order valence-electron chi connectivity index (χ2n) is 4.42. The first kappa shape index (κ1) is 12.0. The van der Waals surface area contributed by atoms with Gasteiger partial charge >= 0.3 is 0 Å². The molecule has 1 atom stereocenters. The van der Waals surface area contributed by atoms with Gasteiger partial charge in [-0.15, -0.1) is 0 Å². The summed E-state index contributed by atoms with van der Waals surface area (Å²) in [5, 5.41) is 12.4. The highest BCUT2D eigenvalue weighted by Gasteiger charge is 2.28. The first-order chi connectivity index (χ1) is 8.35. The summed E-state index contributed by atoms with van der Waals surface area (Å²) < 4.78 is 0. The van der Waals surface area contributed by atoms with Crippen LogP contribution in [0.5, 0.6) is 0 Å². The largest absolute Gasteiger partial charge is 0.411 e. The van der Waals surface area contributed by atoms with E-state index in [1.165, 1.54) is 5.56 Å². The standard InChI is InChI=1S/C13H19N3O/c1-2-16(10-11-6-8-14-9-7-11)13-5-3-4-12(13)15-17/h6-9,13,17H,2-5,10H2,1H3/b15-12-. The summed E-state index contributed by atoms with van der Waals surface area (Å²) in [5.41, 5.74) is 2.19. The Morgan fingerprint density at radius 2 is 2.24 bits per heavy atom. The minimum Gasteiger partial charge on any atom is -0.411 e. The number of pyridine rings is 1. The van der Waals surface area contributed by atoms with Crippen LogP contribution in [0, 0.1) is 0 Å². The Hall–Kier alpha value is -1.42. The average molecular weight is 233 g/mol. The van der Waals surface area contributed by atoms with Crippen LogP contribution in [0.15, 0.2) is 29.7 Å². The normalized spacial score (nSPS) is 22.5. The van der Waals surface area contributed by atoms with E-state index in [9.17, 15) is 0 Å². The number of nitrogens with zero attached hydrogens (tertiary/aromatic N) is 3. The molecular formula is C13H19N3O. The molecule has 1 aromatic rings. The van der Waals surface area contributed by atoms with Gasteiger partial charge in [0.05, 0.1) is 11.8 Å². The lowest BCUT2D eigenvalue weighted by atomic mass is 10.1. The first-order valence-electron chi connectivity index (χ1n) is 6.19. The molecule has 1 aliphatic rings. The van der Waals surface area contributed by atoms with Crippen molar-refractivity contribution < 1.29 is 5.21 Å². The molecule has 1 aliphatic carbocycles. The molecule has 1 unspecified atom stereocenters. The van der Waals surface area contributed by atoms with E-state index in [4.69, 9.17) is 5.21 Å². The summed E-state index contributed by atoms with van der Waals surface area (Å²) in [6, 6.07) is 4.37. The van der Waals surface area contributed by atoms with Crippen LogP contribution < -0.4 is 0 Å². The van der Waals surface area contributed by atoms with Gasteiger partial charge in [-0.05, 0) is 43.5 Å². The van der Waals surface area contributed by atoms with Crippen molar-refractivity contribution in [2.45, 2.75) is 38.8 Å². The van der Waals surface area contributed by atoms with Gasteiger partial charge in [0.2, 0.25) is 0 Å². The molecule has 1 fully saturated rings. The van der Waals surface area contributed by atoms with Gasteiger partial charge in [0.15, 0.2) is 0 Å². The van der Waals surface area contributed by atoms with Crippen LogP contribution in [0.3, 0.4) is 0 Å². The summed E-state index contributed by atoms with van der Waals surface area (Å²) >= 11 is 0. The van der Waals surface area contributed by atoms with Crippen molar-refractivity contribution in [1.29, 1.82) is 0 Å². The van der Waals surface area contributed by atoms with Crippen LogP contribution in [0.25, 0.3) is 0 Å². The molecule has 0 saturated heterocycles. The third-order valence-corrected chi connectivity index (χ3v) is 3.41. The van der Waals surface area contributed by atoms with Crippen LogP contribution in [0.4, 0.5) is 0 Å². The second kappa shape index (κ2) is 5.77. The summed E-state index contributed by atoms with van der Waals surface area (Å²) in [6.07, 6.45) is 6.78. The molecule has 1 heterocycles. The molecule has 0 radical (unpaired) electrons. The first-order valence-corrected chi connectivity index (χ1v) is 6.19. The number of aromatic nitrogens is 1. The summed E-state index contributed by atoms with van der Waals surface area (Å²) in [7, 11) is 0. The zero-order valence-corrected chi connectivity index (χ0v) is 10.2. The van der Waals surface area contributed by atoms with Crippen molar-refractivity contribution in [2.24, 2.45) is 5.16 Å². The highest BCUT2D eigenvalue weighted by molar-refractivity contribution is 5.90. The van der Waals surface area contributed by atoms with Gasteiger partial charge in [0.25, 0.3) is 0 Å². The molecule has 0 aliphatic heterocycles. The fourth-order valence-electron chi connectivity index (χ4n) is 2.48. The van der Waals surface area contributed by atoms with E-state index in [0.717, 1.165) is 38.1 Å². The number of hydrogen-bond acceptors (Lipinski definition) is 4. The third kappa shape index (κ3) is 2.82. The van der Waals surface area contributed by atoms with Crippen LogP contribution in [-0.4, -0.2) is 33.4 Å². The third-order valence-electron chi connectivity index (χ3n) is 3.41. The Morgan fingerprint density at radius 1 is 1.47 bits per heavy atom. The van der Waals surface area contributed by atoms with E-state index >= 15 is 0 Å². The lowest BCUT2D eigenvalue weighted by Crippen LogP contribution is -2.37. The van der Waals surface area contributed by atoms with Gasteiger partial charge < -0.3 is 5.21 Å².